The Hall–Kier alpha value is -3.09. The first kappa shape index (κ1) is 22.7. The van der Waals surface area contributed by atoms with Crippen molar-refractivity contribution in [2.45, 2.75) is 62.3 Å². The average Bonchev–Trinajstić information content (AvgIpc) is 3.56. The predicted octanol–water partition coefficient (Wildman–Crippen LogP) is 4.31. The molecule has 1 saturated carbocycles. The molecule has 5 nitrogen and oxygen atoms in total. The fourth-order valence-corrected chi connectivity index (χ4v) is 6.00. The highest BCUT2D eigenvalue weighted by molar-refractivity contribution is 6.11. The summed E-state index contributed by atoms with van der Waals surface area (Å²) in [7, 11) is 0. The van der Waals surface area contributed by atoms with Crippen LogP contribution in [0.5, 0.6) is 0 Å². The van der Waals surface area contributed by atoms with E-state index in [0.717, 1.165) is 25.7 Å². The molecule has 2 saturated heterocycles. The molecule has 0 bridgehead atoms. The van der Waals surface area contributed by atoms with E-state index in [1.807, 2.05) is 0 Å². The van der Waals surface area contributed by atoms with Crippen LogP contribution in [0, 0.1) is 11.6 Å². The first-order valence-corrected chi connectivity index (χ1v) is 12.0. The lowest BCUT2D eigenvalue weighted by Crippen LogP contribution is -2.46. The molecular weight excluding hydrogens is 438 g/mol. The lowest BCUT2D eigenvalue weighted by atomic mass is 9.75. The van der Waals surface area contributed by atoms with Crippen LogP contribution in [0.15, 0.2) is 48.5 Å². The van der Waals surface area contributed by atoms with Gasteiger partial charge in [0.25, 0.3) is 0 Å². The van der Waals surface area contributed by atoms with Crippen LogP contribution in [-0.4, -0.2) is 46.7 Å². The number of carbonyl (C=O) groups excluding carboxylic acids is 3. The first-order chi connectivity index (χ1) is 16.4. The summed E-state index contributed by atoms with van der Waals surface area (Å²) in [5.41, 5.74) is -0.869. The smallest absolute Gasteiger partial charge is 0.241 e. The van der Waals surface area contributed by atoms with Gasteiger partial charge < -0.3 is 4.90 Å². The minimum atomic E-state index is -1.54. The molecule has 3 amide bonds. The van der Waals surface area contributed by atoms with Gasteiger partial charge in [-0.05, 0) is 37.0 Å². The summed E-state index contributed by atoms with van der Waals surface area (Å²) in [6.45, 7) is 0.765. The van der Waals surface area contributed by atoms with Crippen LogP contribution in [-0.2, 0) is 19.8 Å². The molecule has 3 aliphatic rings. The summed E-state index contributed by atoms with van der Waals surface area (Å²) in [5, 5.41) is 0. The Morgan fingerprint density at radius 3 is 2.32 bits per heavy atom. The van der Waals surface area contributed by atoms with E-state index in [9.17, 15) is 23.2 Å². The van der Waals surface area contributed by atoms with Crippen molar-refractivity contribution in [1.29, 1.82) is 0 Å². The lowest BCUT2D eigenvalue weighted by Gasteiger charge is -2.31. The number of carbonyl (C=O) groups is 3. The second kappa shape index (κ2) is 8.93. The Bertz CT molecular complexity index is 1130. The number of hydrogen-bond acceptors (Lipinski definition) is 3. The van der Waals surface area contributed by atoms with Gasteiger partial charge in [0.05, 0.1) is 5.41 Å². The molecule has 0 aromatic heterocycles. The maximum atomic E-state index is 15.0. The molecule has 1 aliphatic carbocycles. The van der Waals surface area contributed by atoms with Crippen LogP contribution in [0.3, 0.4) is 0 Å². The number of rotatable bonds is 5. The third kappa shape index (κ3) is 3.81. The molecule has 5 rings (SSSR count). The number of amides is 3. The third-order valence-corrected chi connectivity index (χ3v) is 7.77. The fraction of sp³-hybridized carbons (Fsp3) is 0.444. The molecule has 2 atom stereocenters. The molecule has 0 unspecified atom stereocenters. The predicted molar refractivity (Wildman–Crippen MR) is 122 cm³/mol. The second-order valence-corrected chi connectivity index (χ2v) is 9.77. The van der Waals surface area contributed by atoms with Crippen molar-refractivity contribution in [2.24, 2.45) is 0 Å². The number of hydrogen-bond donors (Lipinski definition) is 0. The van der Waals surface area contributed by atoms with E-state index in [2.05, 4.69) is 0 Å². The van der Waals surface area contributed by atoms with E-state index in [0.29, 0.717) is 25.1 Å². The van der Waals surface area contributed by atoms with Gasteiger partial charge in [-0.1, -0.05) is 49.2 Å². The zero-order chi connectivity index (χ0) is 23.9. The fourth-order valence-electron chi connectivity index (χ4n) is 6.00. The maximum absolute atomic E-state index is 15.0. The van der Waals surface area contributed by atoms with Crippen molar-refractivity contribution in [2.75, 3.05) is 13.1 Å². The summed E-state index contributed by atoms with van der Waals surface area (Å²) < 4.78 is 29.3. The largest absolute Gasteiger partial charge is 0.342 e. The third-order valence-electron chi connectivity index (χ3n) is 7.77. The van der Waals surface area contributed by atoms with Crippen molar-refractivity contribution in [3.63, 3.8) is 0 Å². The molecule has 34 heavy (non-hydrogen) atoms. The van der Waals surface area contributed by atoms with E-state index in [1.165, 1.54) is 29.2 Å². The zero-order valence-corrected chi connectivity index (χ0v) is 19.0. The van der Waals surface area contributed by atoms with Crippen LogP contribution in [0.25, 0.3) is 0 Å². The second-order valence-electron chi connectivity index (χ2n) is 9.77. The number of benzene rings is 2. The summed E-state index contributed by atoms with van der Waals surface area (Å²) in [6.07, 6.45) is 3.51. The SMILES string of the molecule is O=C(C[C@]1(c2ccccc2F)CC(=O)N(C2CCCC2)C1=O)N1CC[C@@H](c2ccccc2F)C1. The molecule has 0 radical (unpaired) electrons. The van der Waals surface area contributed by atoms with Crippen molar-refractivity contribution in [1.82, 2.24) is 9.80 Å². The molecule has 2 aromatic rings. The van der Waals surface area contributed by atoms with Crippen LogP contribution in [0.1, 0.15) is 62.0 Å². The molecule has 3 fully saturated rings. The van der Waals surface area contributed by atoms with Crippen LogP contribution >= 0.6 is 0 Å². The highest BCUT2D eigenvalue weighted by Gasteiger charge is 2.57. The molecule has 0 N–H and O–H groups in total. The van der Waals surface area contributed by atoms with Gasteiger partial charge in [-0.2, -0.15) is 0 Å². The Kier molecular flexibility index (Phi) is 5.96. The van der Waals surface area contributed by atoms with Gasteiger partial charge in [0.2, 0.25) is 17.7 Å². The molecule has 2 aliphatic heterocycles. The van der Waals surface area contributed by atoms with Crippen LogP contribution < -0.4 is 0 Å². The molecular formula is C27H28F2N2O3. The number of imide groups is 1. The lowest BCUT2D eigenvalue weighted by molar-refractivity contribution is -0.144. The van der Waals surface area contributed by atoms with Gasteiger partial charge in [0, 0.05) is 43.5 Å². The van der Waals surface area contributed by atoms with E-state index in [1.54, 1.807) is 29.2 Å². The number of nitrogens with zero attached hydrogens (tertiary/aromatic N) is 2. The topological polar surface area (TPSA) is 57.7 Å². The first-order valence-electron chi connectivity index (χ1n) is 12.0. The normalized spacial score (nSPS) is 25.5. The van der Waals surface area contributed by atoms with E-state index < -0.39 is 17.1 Å². The summed E-state index contributed by atoms with van der Waals surface area (Å²) in [6, 6.07) is 12.3. The Morgan fingerprint density at radius 2 is 1.62 bits per heavy atom. The number of halogens is 2. The van der Waals surface area contributed by atoms with E-state index in [4.69, 9.17) is 0 Å². The Labute approximate surface area is 197 Å². The molecule has 7 heteroatoms. The van der Waals surface area contributed by atoms with E-state index in [-0.39, 0.29) is 48.0 Å². The molecule has 2 aromatic carbocycles. The highest BCUT2D eigenvalue weighted by Crippen LogP contribution is 2.44. The molecule has 2 heterocycles. The van der Waals surface area contributed by atoms with Crippen LogP contribution in [0.2, 0.25) is 0 Å². The van der Waals surface area contributed by atoms with Crippen LogP contribution in [0.4, 0.5) is 8.78 Å². The van der Waals surface area contributed by atoms with Gasteiger partial charge in [0.15, 0.2) is 0 Å². The zero-order valence-electron chi connectivity index (χ0n) is 19.0. The Morgan fingerprint density at radius 1 is 0.941 bits per heavy atom. The van der Waals surface area contributed by atoms with E-state index >= 15 is 0 Å². The average molecular weight is 467 g/mol. The Balaban J connectivity index is 1.43. The summed E-state index contributed by atoms with van der Waals surface area (Å²) in [5.74, 6) is -2.13. The molecule has 178 valence electrons. The molecule has 0 spiro atoms. The standard InChI is InChI=1S/C27H28F2N2O3/c28-22-11-5-3-9-20(22)18-13-14-30(17-18)24(32)15-27(21-10-4-6-12-23(21)29)16-25(33)31(26(27)34)19-7-1-2-8-19/h3-6,9-12,18-19H,1-2,7-8,13-17H2/t18-,27-/m1/s1. The number of likely N-dealkylation sites (tertiary alicyclic amines) is 2. The van der Waals surface area contributed by atoms with Gasteiger partial charge in [-0.3, -0.25) is 19.3 Å². The summed E-state index contributed by atoms with van der Waals surface area (Å²) >= 11 is 0. The van der Waals surface area contributed by atoms with Crippen molar-refractivity contribution in [3.05, 3.63) is 71.3 Å². The monoisotopic (exact) mass is 466 g/mol. The maximum Gasteiger partial charge on any atom is 0.241 e. The van der Waals surface area contributed by atoms with Gasteiger partial charge in [-0.25, -0.2) is 8.78 Å². The minimum Gasteiger partial charge on any atom is -0.342 e. The van der Waals surface area contributed by atoms with Gasteiger partial charge in [0.1, 0.15) is 11.6 Å². The summed E-state index contributed by atoms with van der Waals surface area (Å²) in [4.78, 5) is 43.2. The van der Waals surface area contributed by atoms with Crippen molar-refractivity contribution in [3.8, 4) is 0 Å². The minimum absolute atomic E-state index is 0.104. The van der Waals surface area contributed by atoms with Gasteiger partial charge in [-0.15, -0.1) is 0 Å². The van der Waals surface area contributed by atoms with Crippen molar-refractivity contribution < 1.29 is 23.2 Å². The van der Waals surface area contributed by atoms with Crippen molar-refractivity contribution >= 4 is 17.7 Å². The quantitative estimate of drug-likeness (QED) is 0.617. The highest BCUT2D eigenvalue weighted by atomic mass is 19.1. The van der Waals surface area contributed by atoms with Gasteiger partial charge >= 0.3 is 0 Å².